The smallest absolute Gasteiger partial charge is 0.319 e. The minimum Gasteiger partial charge on any atom is -0.331 e. The van der Waals surface area contributed by atoms with Crippen LogP contribution in [0.25, 0.3) is 0 Å². The van der Waals surface area contributed by atoms with Gasteiger partial charge in [0.05, 0.1) is 0 Å². The lowest BCUT2D eigenvalue weighted by molar-refractivity contribution is 0.126. The number of carbonyl (C=O) groups excluding carboxylic acids is 1. The Morgan fingerprint density at radius 1 is 1.33 bits per heavy atom. The summed E-state index contributed by atoms with van der Waals surface area (Å²) in [5.41, 5.74) is 5.63. The van der Waals surface area contributed by atoms with Crippen molar-refractivity contribution >= 4 is 6.03 Å². The molecule has 1 aliphatic rings. The van der Waals surface area contributed by atoms with Crippen molar-refractivity contribution in [2.24, 2.45) is 5.73 Å². The lowest BCUT2D eigenvalue weighted by Gasteiger charge is -2.40. The highest BCUT2D eigenvalue weighted by Crippen LogP contribution is 2.23. The number of carbonyl (C=O) groups is 1. The van der Waals surface area contributed by atoms with E-state index in [1.165, 1.54) is 0 Å². The van der Waals surface area contributed by atoms with Crippen LogP contribution in [0.1, 0.15) is 12.8 Å². The number of hydrogen-bond donors (Lipinski definition) is 1. The maximum absolute atomic E-state index is 11.4. The molecule has 1 fully saturated rings. The van der Waals surface area contributed by atoms with Crippen LogP contribution in [0.3, 0.4) is 0 Å². The van der Waals surface area contributed by atoms with Gasteiger partial charge in [0.2, 0.25) is 0 Å². The summed E-state index contributed by atoms with van der Waals surface area (Å²) < 4.78 is 0. The Morgan fingerprint density at radius 2 is 1.83 bits per heavy atom. The average Bonchev–Trinajstić information content (AvgIpc) is 1.95. The number of rotatable bonds is 1. The van der Waals surface area contributed by atoms with Gasteiger partial charge in [-0.2, -0.15) is 0 Å². The highest BCUT2D eigenvalue weighted by Gasteiger charge is 2.32. The quantitative estimate of drug-likeness (QED) is 0.608. The van der Waals surface area contributed by atoms with Crippen LogP contribution in [-0.2, 0) is 0 Å². The predicted molar refractivity (Wildman–Crippen MR) is 47.8 cm³/mol. The van der Waals surface area contributed by atoms with E-state index in [4.69, 9.17) is 5.73 Å². The normalized spacial score (nSPS) is 27.7. The van der Waals surface area contributed by atoms with Crippen LogP contribution in [0.2, 0.25) is 0 Å². The first-order chi connectivity index (χ1) is 5.52. The third-order valence-electron chi connectivity index (χ3n) is 2.38. The van der Waals surface area contributed by atoms with Crippen LogP contribution in [0, 0.1) is 0 Å². The van der Waals surface area contributed by atoms with E-state index in [0.29, 0.717) is 12.1 Å². The van der Waals surface area contributed by atoms with Crippen molar-refractivity contribution in [1.82, 2.24) is 9.80 Å². The van der Waals surface area contributed by atoms with Gasteiger partial charge in [0.15, 0.2) is 0 Å². The predicted octanol–water partition coefficient (Wildman–Crippen LogP) is 0.0895. The Balaban J connectivity index is 2.38. The van der Waals surface area contributed by atoms with Gasteiger partial charge in [-0.3, -0.25) is 0 Å². The van der Waals surface area contributed by atoms with E-state index >= 15 is 0 Å². The number of hydrogen-bond acceptors (Lipinski definition) is 2. The Kier molecular flexibility index (Phi) is 2.57. The maximum atomic E-state index is 11.4. The lowest BCUT2D eigenvalue weighted by Crippen LogP contribution is -2.53. The van der Waals surface area contributed by atoms with Gasteiger partial charge in [0.1, 0.15) is 0 Å². The monoisotopic (exact) mass is 171 g/mol. The molecule has 0 aliphatic heterocycles. The van der Waals surface area contributed by atoms with E-state index in [0.717, 1.165) is 12.8 Å². The molecule has 4 nitrogen and oxygen atoms in total. The Hall–Kier alpha value is -0.770. The first-order valence-corrected chi connectivity index (χ1v) is 4.22. The molecule has 2 amide bonds. The summed E-state index contributed by atoms with van der Waals surface area (Å²) in [6.07, 6.45) is 1.88. The first kappa shape index (κ1) is 9.32. The van der Waals surface area contributed by atoms with Gasteiger partial charge in [0, 0.05) is 33.2 Å². The minimum absolute atomic E-state index is 0.0619. The lowest BCUT2D eigenvalue weighted by atomic mass is 9.87. The Morgan fingerprint density at radius 3 is 2.17 bits per heavy atom. The molecule has 0 spiro atoms. The minimum atomic E-state index is 0.0619. The van der Waals surface area contributed by atoms with E-state index in [-0.39, 0.29) is 6.03 Å². The van der Waals surface area contributed by atoms with Crippen molar-refractivity contribution in [3.63, 3.8) is 0 Å². The van der Waals surface area contributed by atoms with Crippen molar-refractivity contribution in [3.05, 3.63) is 0 Å². The largest absolute Gasteiger partial charge is 0.331 e. The zero-order valence-corrected chi connectivity index (χ0v) is 7.95. The second kappa shape index (κ2) is 3.31. The zero-order chi connectivity index (χ0) is 9.30. The van der Waals surface area contributed by atoms with E-state index in [9.17, 15) is 4.79 Å². The van der Waals surface area contributed by atoms with Gasteiger partial charge < -0.3 is 15.5 Å². The molecule has 0 aromatic rings. The molecule has 0 radical (unpaired) electrons. The van der Waals surface area contributed by atoms with Crippen LogP contribution >= 0.6 is 0 Å². The zero-order valence-electron chi connectivity index (χ0n) is 7.95. The summed E-state index contributed by atoms with van der Waals surface area (Å²) in [6.45, 7) is 0. The molecule has 0 aromatic heterocycles. The third kappa shape index (κ3) is 1.69. The van der Waals surface area contributed by atoms with Gasteiger partial charge in [-0.15, -0.1) is 0 Å². The fourth-order valence-electron chi connectivity index (χ4n) is 1.42. The second-order valence-corrected chi connectivity index (χ2v) is 3.67. The molecule has 0 bridgehead atoms. The van der Waals surface area contributed by atoms with E-state index in [1.54, 1.807) is 23.9 Å². The SMILES string of the molecule is CN(C)C(=O)N(C)C1CC(N)C1. The first-order valence-electron chi connectivity index (χ1n) is 4.22. The summed E-state index contributed by atoms with van der Waals surface area (Å²) in [7, 11) is 5.35. The number of urea groups is 1. The molecular formula is C8H17N3O. The molecular weight excluding hydrogens is 154 g/mol. The number of nitrogens with two attached hydrogens (primary N) is 1. The highest BCUT2D eigenvalue weighted by atomic mass is 16.2. The summed E-state index contributed by atoms with van der Waals surface area (Å²) in [4.78, 5) is 14.7. The van der Waals surface area contributed by atoms with Crippen LogP contribution in [0.5, 0.6) is 0 Å². The molecule has 0 aromatic carbocycles. The van der Waals surface area contributed by atoms with E-state index in [1.807, 2.05) is 7.05 Å². The summed E-state index contributed by atoms with van der Waals surface area (Å²) in [5, 5.41) is 0. The molecule has 1 rings (SSSR count). The maximum Gasteiger partial charge on any atom is 0.319 e. The van der Waals surface area contributed by atoms with Crippen molar-refractivity contribution < 1.29 is 4.79 Å². The van der Waals surface area contributed by atoms with Gasteiger partial charge in [-0.25, -0.2) is 4.79 Å². The number of nitrogens with zero attached hydrogens (tertiary/aromatic N) is 2. The molecule has 0 unspecified atom stereocenters. The Bertz CT molecular complexity index is 175. The summed E-state index contributed by atoms with van der Waals surface area (Å²) in [6, 6.07) is 0.717. The fraction of sp³-hybridized carbons (Fsp3) is 0.875. The molecule has 0 heterocycles. The molecule has 0 atom stereocenters. The average molecular weight is 171 g/mol. The van der Waals surface area contributed by atoms with Gasteiger partial charge in [0.25, 0.3) is 0 Å². The standard InChI is InChI=1S/C8H17N3O/c1-10(2)8(12)11(3)7-4-6(9)5-7/h6-7H,4-5,9H2,1-3H3. The Labute approximate surface area is 73.3 Å². The van der Waals surface area contributed by atoms with Crippen LogP contribution < -0.4 is 5.73 Å². The molecule has 4 heteroatoms. The van der Waals surface area contributed by atoms with Crippen LogP contribution in [0.4, 0.5) is 4.79 Å². The van der Waals surface area contributed by atoms with Crippen molar-refractivity contribution in [1.29, 1.82) is 0 Å². The van der Waals surface area contributed by atoms with Crippen LogP contribution in [0.15, 0.2) is 0 Å². The summed E-state index contributed by atoms with van der Waals surface area (Å²) in [5.74, 6) is 0. The fourth-order valence-corrected chi connectivity index (χ4v) is 1.42. The number of amides is 2. The van der Waals surface area contributed by atoms with Crippen molar-refractivity contribution in [2.45, 2.75) is 24.9 Å². The molecule has 12 heavy (non-hydrogen) atoms. The van der Waals surface area contributed by atoms with E-state index in [2.05, 4.69) is 0 Å². The van der Waals surface area contributed by atoms with Crippen molar-refractivity contribution in [3.8, 4) is 0 Å². The van der Waals surface area contributed by atoms with Gasteiger partial charge in [-0.1, -0.05) is 0 Å². The molecule has 1 aliphatic carbocycles. The van der Waals surface area contributed by atoms with Gasteiger partial charge in [-0.05, 0) is 12.8 Å². The van der Waals surface area contributed by atoms with Crippen LogP contribution in [-0.4, -0.2) is 49.1 Å². The molecule has 70 valence electrons. The topological polar surface area (TPSA) is 49.6 Å². The third-order valence-corrected chi connectivity index (χ3v) is 2.38. The van der Waals surface area contributed by atoms with Crippen molar-refractivity contribution in [2.75, 3.05) is 21.1 Å². The molecule has 1 saturated carbocycles. The second-order valence-electron chi connectivity index (χ2n) is 3.67. The molecule has 0 saturated heterocycles. The highest BCUT2D eigenvalue weighted by molar-refractivity contribution is 5.74. The van der Waals surface area contributed by atoms with Gasteiger partial charge >= 0.3 is 6.03 Å². The molecule has 2 N–H and O–H groups in total. The van der Waals surface area contributed by atoms with E-state index < -0.39 is 0 Å². The summed E-state index contributed by atoms with van der Waals surface area (Å²) >= 11 is 0.